The fourth-order valence-electron chi connectivity index (χ4n) is 5.21. The summed E-state index contributed by atoms with van der Waals surface area (Å²) in [5.74, 6) is 1.10. The normalized spacial score (nSPS) is 22.0. The van der Waals surface area contributed by atoms with Crippen LogP contribution in [0.2, 0.25) is 0 Å². The maximum absolute atomic E-state index is 13.4. The minimum absolute atomic E-state index is 0.0476. The summed E-state index contributed by atoms with van der Waals surface area (Å²) in [7, 11) is 1.58. The van der Waals surface area contributed by atoms with Crippen LogP contribution in [-0.4, -0.2) is 84.0 Å². The summed E-state index contributed by atoms with van der Waals surface area (Å²) >= 11 is 0. The van der Waals surface area contributed by atoms with Crippen molar-refractivity contribution in [2.24, 2.45) is 5.92 Å². The second-order valence-electron chi connectivity index (χ2n) is 9.64. The molecule has 8 heteroatoms. The van der Waals surface area contributed by atoms with Crippen molar-refractivity contribution in [1.29, 1.82) is 0 Å². The van der Waals surface area contributed by atoms with Crippen molar-refractivity contribution in [3.8, 4) is 5.75 Å². The van der Waals surface area contributed by atoms with Gasteiger partial charge in [0.2, 0.25) is 0 Å². The molecule has 4 amide bonds. The van der Waals surface area contributed by atoms with Crippen LogP contribution in [-0.2, 0) is 4.79 Å². The van der Waals surface area contributed by atoms with Crippen LogP contribution in [0.1, 0.15) is 49.9 Å². The number of carbonyl (C=O) groups is 3. The van der Waals surface area contributed by atoms with Gasteiger partial charge in [0.1, 0.15) is 11.3 Å². The maximum atomic E-state index is 13.4. The minimum atomic E-state index is -0.752. The quantitative estimate of drug-likeness (QED) is 0.708. The molecule has 1 spiro atoms. The molecule has 32 heavy (non-hydrogen) atoms. The highest BCUT2D eigenvalue weighted by Crippen LogP contribution is 2.33. The third-order valence-corrected chi connectivity index (χ3v) is 6.96. The first-order valence-corrected chi connectivity index (χ1v) is 11.6. The molecule has 3 fully saturated rings. The molecule has 0 aliphatic carbocycles. The van der Waals surface area contributed by atoms with Gasteiger partial charge >= 0.3 is 6.03 Å². The summed E-state index contributed by atoms with van der Waals surface area (Å²) in [6.07, 6.45) is 2.52. The van der Waals surface area contributed by atoms with E-state index in [9.17, 15) is 14.4 Å². The molecule has 3 heterocycles. The van der Waals surface area contributed by atoms with Crippen molar-refractivity contribution < 1.29 is 19.1 Å². The third kappa shape index (κ3) is 4.33. The van der Waals surface area contributed by atoms with E-state index in [1.165, 1.54) is 4.90 Å². The van der Waals surface area contributed by atoms with E-state index in [0.29, 0.717) is 56.0 Å². The van der Waals surface area contributed by atoms with E-state index in [1.54, 1.807) is 30.2 Å². The number of hydrogen-bond acceptors (Lipinski definition) is 5. The highest BCUT2D eigenvalue weighted by molar-refractivity contribution is 6.07. The van der Waals surface area contributed by atoms with Gasteiger partial charge in [-0.15, -0.1) is 0 Å². The largest absolute Gasteiger partial charge is 0.497 e. The summed E-state index contributed by atoms with van der Waals surface area (Å²) in [5, 5.41) is 3.03. The molecule has 174 valence electrons. The molecule has 0 aromatic heterocycles. The Kier molecular flexibility index (Phi) is 6.42. The molecule has 0 radical (unpaired) electrons. The number of nitrogens with one attached hydrogen (secondary N) is 1. The van der Waals surface area contributed by atoms with Gasteiger partial charge in [-0.1, -0.05) is 19.9 Å². The number of hydrogen-bond donors (Lipinski definition) is 1. The Bertz CT molecular complexity index is 871. The first kappa shape index (κ1) is 22.6. The highest BCUT2D eigenvalue weighted by Gasteiger charge is 2.54. The molecule has 1 aromatic carbocycles. The zero-order valence-electron chi connectivity index (χ0n) is 19.3. The first-order valence-electron chi connectivity index (χ1n) is 11.6. The number of rotatable bonds is 5. The Labute approximate surface area is 189 Å². The zero-order valence-corrected chi connectivity index (χ0v) is 19.3. The Hall–Kier alpha value is -2.61. The van der Waals surface area contributed by atoms with Gasteiger partial charge in [-0.3, -0.25) is 14.5 Å². The Balaban J connectivity index is 1.36. The van der Waals surface area contributed by atoms with Crippen LogP contribution in [0.25, 0.3) is 0 Å². The number of amides is 4. The second kappa shape index (κ2) is 9.10. The van der Waals surface area contributed by atoms with Crippen LogP contribution in [0.5, 0.6) is 5.75 Å². The molecular formula is C24H34N4O4. The SMILES string of the molecule is COc1cccc(C(=O)N2CCC(N3C(=O)NC4(CCN(CC(C)C)CC4)C3=O)CC2)c1. The standard InChI is InChI=1S/C24H34N4O4/c1-17(2)16-26-13-9-24(10-14-26)22(30)28(23(31)25-24)19-7-11-27(12-8-19)21(29)18-5-4-6-20(15-18)32-3/h4-6,15,17,19H,7-14,16H2,1-3H3,(H,25,31). The Morgan fingerprint density at radius 3 is 2.47 bits per heavy atom. The van der Waals surface area contributed by atoms with Crippen molar-refractivity contribution in [2.75, 3.05) is 39.8 Å². The van der Waals surface area contributed by atoms with Gasteiger partial charge in [0, 0.05) is 44.3 Å². The monoisotopic (exact) mass is 442 g/mol. The third-order valence-electron chi connectivity index (χ3n) is 6.96. The van der Waals surface area contributed by atoms with Crippen LogP contribution in [0.15, 0.2) is 24.3 Å². The fraction of sp³-hybridized carbons (Fsp3) is 0.625. The lowest BCUT2D eigenvalue weighted by molar-refractivity contribution is -0.135. The predicted molar refractivity (Wildman–Crippen MR) is 121 cm³/mol. The van der Waals surface area contributed by atoms with Gasteiger partial charge in [0.05, 0.1) is 7.11 Å². The van der Waals surface area contributed by atoms with Gasteiger partial charge in [-0.2, -0.15) is 0 Å². The number of likely N-dealkylation sites (tertiary alicyclic amines) is 2. The molecule has 4 rings (SSSR count). The van der Waals surface area contributed by atoms with E-state index in [2.05, 4.69) is 24.1 Å². The van der Waals surface area contributed by atoms with E-state index in [0.717, 1.165) is 19.6 Å². The van der Waals surface area contributed by atoms with Crippen LogP contribution in [0.4, 0.5) is 4.79 Å². The number of nitrogens with zero attached hydrogens (tertiary/aromatic N) is 3. The lowest BCUT2D eigenvalue weighted by Gasteiger charge is -2.39. The van der Waals surface area contributed by atoms with Gasteiger partial charge in [0.15, 0.2) is 0 Å². The minimum Gasteiger partial charge on any atom is -0.497 e. The molecule has 0 saturated carbocycles. The molecule has 1 N–H and O–H groups in total. The van der Waals surface area contributed by atoms with Crippen molar-refractivity contribution in [3.05, 3.63) is 29.8 Å². The Morgan fingerprint density at radius 1 is 1.16 bits per heavy atom. The predicted octanol–water partition coefficient (Wildman–Crippen LogP) is 2.34. The molecule has 0 bridgehead atoms. The average Bonchev–Trinajstić information content (AvgIpc) is 3.04. The summed E-state index contributed by atoms with van der Waals surface area (Å²) in [6, 6.07) is 6.70. The summed E-state index contributed by atoms with van der Waals surface area (Å²) in [5.41, 5.74) is -0.164. The zero-order chi connectivity index (χ0) is 22.9. The topological polar surface area (TPSA) is 82.2 Å². The van der Waals surface area contributed by atoms with E-state index in [1.807, 2.05) is 6.07 Å². The van der Waals surface area contributed by atoms with E-state index >= 15 is 0 Å². The molecule has 8 nitrogen and oxygen atoms in total. The van der Waals surface area contributed by atoms with Crippen LogP contribution >= 0.6 is 0 Å². The molecule has 0 unspecified atom stereocenters. The number of carbonyl (C=O) groups excluding carboxylic acids is 3. The number of urea groups is 1. The van der Waals surface area contributed by atoms with Crippen LogP contribution in [0.3, 0.4) is 0 Å². The fourth-order valence-corrected chi connectivity index (χ4v) is 5.21. The van der Waals surface area contributed by atoms with E-state index in [4.69, 9.17) is 4.74 Å². The van der Waals surface area contributed by atoms with Crippen LogP contribution < -0.4 is 10.1 Å². The molecule has 3 aliphatic rings. The average molecular weight is 443 g/mol. The van der Waals surface area contributed by atoms with Gasteiger partial charge in [0.25, 0.3) is 11.8 Å². The molecule has 1 aromatic rings. The van der Waals surface area contributed by atoms with Crippen molar-refractivity contribution in [1.82, 2.24) is 20.0 Å². The molecule has 3 saturated heterocycles. The second-order valence-corrected chi connectivity index (χ2v) is 9.64. The number of ether oxygens (including phenoxy) is 1. The maximum Gasteiger partial charge on any atom is 0.325 e. The summed E-state index contributed by atoms with van der Waals surface area (Å²) < 4.78 is 5.22. The number of methoxy groups -OCH3 is 1. The number of imide groups is 1. The smallest absolute Gasteiger partial charge is 0.325 e. The number of benzene rings is 1. The molecule has 3 aliphatic heterocycles. The van der Waals surface area contributed by atoms with E-state index in [-0.39, 0.29) is 23.9 Å². The summed E-state index contributed by atoms with van der Waals surface area (Å²) in [4.78, 5) is 44.7. The highest BCUT2D eigenvalue weighted by atomic mass is 16.5. The van der Waals surface area contributed by atoms with E-state index < -0.39 is 5.54 Å². The van der Waals surface area contributed by atoms with Crippen molar-refractivity contribution in [2.45, 2.75) is 51.1 Å². The molecule has 0 atom stereocenters. The lowest BCUT2D eigenvalue weighted by atomic mass is 9.86. The van der Waals surface area contributed by atoms with Crippen molar-refractivity contribution in [3.63, 3.8) is 0 Å². The summed E-state index contributed by atoms with van der Waals surface area (Å²) in [6.45, 7) is 8.10. The van der Waals surface area contributed by atoms with Gasteiger partial charge in [-0.05, 0) is 49.8 Å². The Morgan fingerprint density at radius 2 is 1.84 bits per heavy atom. The lowest BCUT2D eigenvalue weighted by Crippen LogP contribution is -2.56. The van der Waals surface area contributed by atoms with Crippen molar-refractivity contribution >= 4 is 17.8 Å². The first-order chi connectivity index (χ1) is 15.3. The van der Waals surface area contributed by atoms with Gasteiger partial charge in [-0.25, -0.2) is 4.79 Å². The number of piperidine rings is 2. The van der Waals surface area contributed by atoms with Gasteiger partial charge < -0.3 is 19.9 Å². The molecular weight excluding hydrogens is 408 g/mol. The van der Waals surface area contributed by atoms with Crippen LogP contribution in [0, 0.1) is 5.92 Å².